The van der Waals surface area contributed by atoms with Crippen LogP contribution in [0, 0.1) is 13.8 Å². The monoisotopic (exact) mass is 377 g/mol. The van der Waals surface area contributed by atoms with Crippen LogP contribution in [0.4, 0.5) is 5.82 Å². The molecule has 2 aromatic carbocycles. The average Bonchev–Trinajstić information content (AvgIpc) is 2.89. The molecule has 0 atom stereocenters. The molecule has 0 saturated heterocycles. The van der Waals surface area contributed by atoms with Crippen LogP contribution in [0.15, 0.2) is 36.4 Å². The van der Waals surface area contributed by atoms with Gasteiger partial charge in [-0.25, -0.2) is 4.68 Å². The highest BCUT2D eigenvalue weighted by Crippen LogP contribution is 2.40. The van der Waals surface area contributed by atoms with E-state index in [4.69, 9.17) is 14.6 Å². The fraction of sp³-hybridized carbons (Fsp3) is 0.348. The lowest BCUT2D eigenvalue weighted by atomic mass is 10.0. The third kappa shape index (κ3) is 3.21. The molecule has 5 nitrogen and oxygen atoms in total. The molecule has 3 aromatic rings. The molecule has 146 valence electrons. The zero-order chi connectivity index (χ0) is 19.7. The number of hydrogen-bond donors (Lipinski definition) is 1. The van der Waals surface area contributed by atoms with Gasteiger partial charge in [0.2, 0.25) is 0 Å². The number of methoxy groups -OCH3 is 2. The van der Waals surface area contributed by atoms with E-state index in [0.717, 1.165) is 60.1 Å². The van der Waals surface area contributed by atoms with E-state index in [1.165, 1.54) is 16.7 Å². The van der Waals surface area contributed by atoms with Gasteiger partial charge >= 0.3 is 0 Å². The Morgan fingerprint density at radius 1 is 1.00 bits per heavy atom. The molecule has 1 aliphatic heterocycles. The van der Waals surface area contributed by atoms with Crippen LogP contribution in [-0.2, 0) is 6.42 Å². The fourth-order valence-corrected chi connectivity index (χ4v) is 3.84. The highest BCUT2D eigenvalue weighted by molar-refractivity contribution is 5.77. The predicted molar refractivity (Wildman–Crippen MR) is 113 cm³/mol. The molecule has 0 bridgehead atoms. The summed E-state index contributed by atoms with van der Waals surface area (Å²) in [6.45, 7) is 5.20. The maximum Gasteiger partial charge on any atom is 0.133 e. The Bertz CT molecular complexity index is 1010. The molecule has 0 saturated carbocycles. The summed E-state index contributed by atoms with van der Waals surface area (Å²) in [5, 5.41) is 8.70. The first kappa shape index (κ1) is 18.4. The van der Waals surface area contributed by atoms with Crippen LogP contribution in [0.1, 0.15) is 29.5 Å². The van der Waals surface area contributed by atoms with Gasteiger partial charge in [0.1, 0.15) is 23.0 Å². The van der Waals surface area contributed by atoms with Crippen molar-refractivity contribution in [3.8, 4) is 28.4 Å². The second-order valence-corrected chi connectivity index (χ2v) is 7.33. The standard InChI is InChI=1S/C23H27N3O2/c1-15-8-9-16(2)20(13-15)26-23-18(7-5-6-12-24-23)22(25-26)19-14-17(27-3)10-11-21(19)28-4/h8-11,13-14,24H,5-7,12H2,1-4H3. The first-order valence-corrected chi connectivity index (χ1v) is 9.78. The zero-order valence-corrected chi connectivity index (χ0v) is 17.0. The minimum absolute atomic E-state index is 0.799. The number of nitrogens with zero attached hydrogens (tertiary/aromatic N) is 2. The summed E-state index contributed by atoms with van der Waals surface area (Å²) in [4.78, 5) is 0. The lowest BCUT2D eigenvalue weighted by Crippen LogP contribution is -2.08. The Morgan fingerprint density at radius 2 is 1.86 bits per heavy atom. The molecule has 1 aromatic heterocycles. The Hall–Kier alpha value is -2.95. The predicted octanol–water partition coefficient (Wildman–Crippen LogP) is 4.92. The van der Waals surface area contributed by atoms with E-state index in [0.29, 0.717) is 0 Å². The lowest BCUT2D eigenvalue weighted by molar-refractivity contribution is 0.404. The van der Waals surface area contributed by atoms with Crippen LogP contribution in [0.3, 0.4) is 0 Å². The fourth-order valence-electron chi connectivity index (χ4n) is 3.84. The summed E-state index contributed by atoms with van der Waals surface area (Å²) in [6, 6.07) is 12.4. The molecule has 4 rings (SSSR count). The summed E-state index contributed by atoms with van der Waals surface area (Å²) in [6.07, 6.45) is 3.27. The van der Waals surface area contributed by atoms with Gasteiger partial charge in [-0.15, -0.1) is 0 Å². The van der Waals surface area contributed by atoms with Gasteiger partial charge in [0.25, 0.3) is 0 Å². The lowest BCUT2D eigenvalue weighted by Gasteiger charge is -2.12. The molecule has 0 amide bonds. The first-order chi connectivity index (χ1) is 13.6. The van der Waals surface area contributed by atoms with E-state index in [2.05, 4.69) is 42.0 Å². The van der Waals surface area contributed by atoms with E-state index in [1.54, 1.807) is 14.2 Å². The highest BCUT2D eigenvalue weighted by atomic mass is 16.5. The zero-order valence-electron chi connectivity index (χ0n) is 17.0. The van der Waals surface area contributed by atoms with Crippen molar-refractivity contribution in [3.05, 3.63) is 53.1 Å². The smallest absolute Gasteiger partial charge is 0.133 e. The van der Waals surface area contributed by atoms with Crippen molar-refractivity contribution in [1.29, 1.82) is 0 Å². The van der Waals surface area contributed by atoms with Crippen LogP contribution in [0.2, 0.25) is 0 Å². The van der Waals surface area contributed by atoms with Gasteiger partial charge in [0.15, 0.2) is 0 Å². The van der Waals surface area contributed by atoms with Gasteiger partial charge in [-0.2, -0.15) is 5.10 Å². The van der Waals surface area contributed by atoms with Crippen molar-refractivity contribution in [2.45, 2.75) is 33.1 Å². The first-order valence-electron chi connectivity index (χ1n) is 9.78. The molecular weight excluding hydrogens is 350 g/mol. The van der Waals surface area contributed by atoms with Crippen molar-refractivity contribution < 1.29 is 9.47 Å². The van der Waals surface area contributed by atoms with E-state index in [9.17, 15) is 0 Å². The van der Waals surface area contributed by atoms with Crippen molar-refractivity contribution in [2.75, 3.05) is 26.1 Å². The number of rotatable bonds is 4. The minimum atomic E-state index is 0.799. The van der Waals surface area contributed by atoms with Crippen molar-refractivity contribution in [1.82, 2.24) is 9.78 Å². The maximum absolute atomic E-state index is 5.65. The number of hydrogen-bond acceptors (Lipinski definition) is 4. The summed E-state index contributed by atoms with van der Waals surface area (Å²) >= 11 is 0. The van der Waals surface area contributed by atoms with Crippen molar-refractivity contribution in [3.63, 3.8) is 0 Å². The molecule has 1 aliphatic rings. The Kier molecular flexibility index (Phi) is 4.99. The van der Waals surface area contributed by atoms with Crippen LogP contribution in [-0.4, -0.2) is 30.5 Å². The number of aryl methyl sites for hydroxylation is 2. The third-order valence-electron chi connectivity index (χ3n) is 5.38. The number of benzene rings is 2. The van der Waals surface area contributed by atoms with Gasteiger partial charge in [0.05, 0.1) is 19.9 Å². The number of anilines is 1. The van der Waals surface area contributed by atoms with Gasteiger partial charge in [0, 0.05) is 17.7 Å². The molecule has 0 fully saturated rings. The maximum atomic E-state index is 5.65. The summed E-state index contributed by atoms with van der Waals surface area (Å²) < 4.78 is 13.2. The highest BCUT2D eigenvalue weighted by Gasteiger charge is 2.24. The molecule has 28 heavy (non-hydrogen) atoms. The second-order valence-electron chi connectivity index (χ2n) is 7.33. The Morgan fingerprint density at radius 3 is 2.64 bits per heavy atom. The summed E-state index contributed by atoms with van der Waals surface area (Å²) in [7, 11) is 3.38. The van der Waals surface area contributed by atoms with E-state index in [-0.39, 0.29) is 0 Å². The molecule has 0 radical (unpaired) electrons. The summed E-state index contributed by atoms with van der Waals surface area (Å²) in [5.74, 6) is 2.69. The van der Waals surface area contributed by atoms with Gasteiger partial charge in [-0.05, 0) is 68.5 Å². The van der Waals surface area contributed by atoms with E-state index in [1.807, 2.05) is 18.2 Å². The van der Waals surface area contributed by atoms with Crippen molar-refractivity contribution >= 4 is 5.82 Å². The van der Waals surface area contributed by atoms with Crippen LogP contribution in [0.5, 0.6) is 11.5 Å². The molecule has 2 heterocycles. The Labute approximate surface area is 166 Å². The van der Waals surface area contributed by atoms with E-state index < -0.39 is 0 Å². The van der Waals surface area contributed by atoms with Crippen LogP contribution in [0.25, 0.3) is 16.9 Å². The molecule has 5 heteroatoms. The number of ether oxygens (including phenoxy) is 2. The SMILES string of the molecule is COc1ccc(OC)c(-c2nn(-c3cc(C)ccc3C)c3c2CCCCN3)c1. The Balaban J connectivity index is 1.97. The molecule has 0 aliphatic carbocycles. The molecule has 0 spiro atoms. The average molecular weight is 377 g/mol. The normalized spacial score (nSPS) is 13.4. The minimum Gasteiger partial charge on any atom is -0.497 e. The van der Waals surface area contributed by atoms with Crippen molar-refractivity contribution in [2.24, 2.45) is 0 Å². The number of nitrogens with one attached hydrogen (secondary N) is 1. The topological polar surface area (TPSA) is 48.3 Å². The van der Waals surface area contributed by atoms with Gasteiger partial charge in [-0.1, -0.05) is 12.1 Å². The van der Waals surface area contributed by atoms with Gasteiger partial charge < -0.3 is 14.8 Å². The van der Waals surface area contributed by atoms with E-state index >= 15 is 0 Å². The number of aromatic nitrogens is 2. The quantitative estimate of drug-likeness (QED) is 0.701. The number of fused-ring (bicyclic) bond motifs is 1. The van der Waals surface area contributed by atoms with Gasteiger partial charge in [-0.3, -0.25) is 0 Å². The largest absolute Gasteiger partial charge is 0.497 e. The molecule has 1 N–H and O–H groups in total. The molecular formula is C23H27N3O2. The summed E-state index contributed by atoms with van der Waals surface area (Å²) in [5.41, 5.74) is 6.70. The second kappa shape index (κ2) is 7.58. The molecule has 0 unspecified atom stereocenters. The van der Waals surface area contributed by atoms with Crippen LogP contribution < -0.4 is 14.8 Å². The third-order valence-corrected chi connectivity index (χ3v) is 5.38. The van der Waals surface area contributed by atoms with Crippen LogP contribution >= 0.6 is 0 Å².